The fraction of sp³-hybridized carbons (Fsp3) is 0.429. The van der Waals surface area contributed by atoms with Crippen LogP contribution in [0.15, 0.2) is 29.4 Å². The smallest absolute Gasteiger partial charge is 0.225 e. The molecule has 1 fully saturated rings. The molecule has 4 N–H and O–H groups in total. The Morgan fingerprint density at radius 2 is 2.20 bits per heavy atom. The molecule has 1 saturated heterocycles. The Morgan fingerprint density at radius 3 is 2.80 bits per heavy atom. The fourth-order valence-corrected chi connectivity index (χ4v) is 2.13. The number of nitrogens with zero attached hydrogens (tertiary/aromatic N) is 1. The molecule has 108 valence electrons. The highest BCUT2D eigenvalue weighted by Crippen LogP contribution is 2.13. The van der Waals surface area contributed by atoms with Gasteiger partial charge in [-0.3, -0.25) is 4.79 Å². The van der Waals surface area contributed by atoms with E-state index in [1.54, 1.807) is 12.1 Å². The Morgan fingerprint density at radius 1 is 1.45 bits per heavy atom. The maximum atomic E-state index is 11.9. The third kappa shape index (κ3) is 3.71. The van der Waals surface area contributed by atoms with Gasteiger partial charge >= 0.3 is 0 Å². The van der Waals surface area contributed by atoms with Crippen molar-refractivity contribution >= 4 is 11.7 Å². The molecule has 1 heterocycles. The number of ether oxygens (including phenoxy) is 1. The van der Waals surface area contributed by atoms with Crippen molar-refractivity contribution in [2.24, 2.45) is 16.8 Å². The van der Waals surface area contributed by atoms with Gasteiger partial charge in [0.15, 0.2) is 5.84 Å². The summed E-state index contributed by atoms with van der Waals surface area (Å²) in [6.07, 6.45) is 1.82. The van der Waals surface area contributed by atoms with Crippen LogP contribution in [-0.4, -0.2) is 30.2 Å². The zero-order valence-corrected chi connectivity index (χ0v) is 11.2. The van der Waals surface area contributed by atoms with Crippen LogP contribution in [0.25, 0.3) is 0 Å². The number of benzene rings is 1. The number of rotatable bonds is 4. The molecule has 1 atom stereocenters. The summed E-state index contributed by atoms with van der Waals surface area (Å²) in [6, 6.07) is 7.18. The number of hydrogen-bond acceptors (Lipinski definition) is 4. The SMILES string of the molecule is NC(=NO)c1ccc(CNC(=O)C2CCCOC2)cc1. The lowest BCUT2D eigenvalue weighted by Crippen LogP contribution is -2.35. The predicted molar refractivity (Wildman–Crippen MR) is 74.3 cm³/mol. The summed E-state index contributed by atoms with van der Waals surface area (Å²) in [6.45, 7) is 1.72. The minimum absolute atomic E-state index is 0.0326. The summed E-state index contributed by atoms with van der Waals surface area (Å²) in [7, 11) is 0. The van der Waals surface area contributed by atoms with Crippen molar-refractivity contribution in [2.45, 2.75) is 19.4 Å². The number of carbonyl (C=O) groups is 1. The quantitative estimate of drug-likeness (QED) is 0.328. The third-order valence-corrected chi connectivity index (χ3v) is 3.36. The molecule has 6 heteroatoms. The molecule has 1 aromatic rings. The van der Waals surface area contributed by atoms with Crippen LogP contribution < -0.4 is 11.1 Å². The van der Waals surface area contributed by atoms with Crippen LogP contribution in [-0.2, 0) is 16.1 Å². The molecule has 1 aliphatic heterocycles. The van der Waals surface area contributed by atoms with Gasteiger partial charge in [0.1, 0.15) is 0 Å². The van der Waals surface area contributed by atoms with Gasteiger partial charge in [-0.2, -0.15) is 0 Å². The first-order chi connectivity index (χ1) is 9.70. The number of carbonyl (C=O) groups excluding carboxylic acids is 1. The monoisotopic (exact) mass is 277 g/mol. The molecule has 1 amide bonds. The van der Waals surface area contributed by atoms with E-state index in [2.05, 4.69) is 10.5 Å². The number of nitrogens with two attached hydrogens (primary N) is 1. The topological polar surface area (TPSA) is 96.9 Å². The first-order valence-electron chi connectivity index (χ1n) is 6.63. The first-order valence-corrected chi connectivity index (χ1v) is 6.63. The molecule has 0 bridgehead atoms. The van der Waals surface area contributed by atoms with Crippen LogP contribution in [0.4, 0.5) is 0 Å². The second-order valence-corrected chi connectivity index (χ2v) is 4.81. The van der Waals surface area contributed by atoms with Gasteiger partial charge in [0.25, 0.3) is 0 Å². The van der Waals surface area contributed by atoms with Gasteiger partial charge in [-0.1, -0.05) is 29.4 Å². The molecule has 0 radical (unpaired) electrons. The maximum absolute atomic E-state index is 11.9. The van der Waals surface area contributed by atoms with Crippen LogP contribution in [0.3, 0.4) is 0 Å². The minimum atomic E-state index is -0.0415. The molecule has 1 unspecified atom stereocenters. The average Bonchev–Trinajstić information content (AvgIpc) is 2.53. The summed E-state index contributed by atoms with van der Waals surface area (Å²) in [5.74, 6) is 0.0605. The van der Waals surface area contributed by atoms with Crippen molar-refractivity contribution in [1.29, 1.82) is 0 Å². The normalized spacial score (nSPS) is 19.6. The lowest BCUT2D eigenvalue weighted by molar-refractivity contribution is -0.129. The van der Waals surface area contributed by atoms with Crippen LogP contribution in [0, 0.1) is 5.92 Å². The Bertz CT molecular complexity index is 479. The van der Waals surface area contributed by atoms with E-state index >= 15 is 0 Å². The van der Waals surface area contributed by atoms with Gasteiger partial charge in [-0.05, 0) is 18.4 Å². The first kappa shape index (κ1) is 14.3. The zero-order chi connectivity index (χ0) is 14.4. The van der Waals surface area contributed by atoms with Crippen molar-refractivity contribution in [2.75, 3.05) is 13.2 Å². The number of hydrogen-bond donors (Lipinski definition) is 3. The zero-order valence-electron chi connectivity index (χ0n) is 11.2. The summed E-state index contributed by atoms with van der Waals surface area (Å²) in [5.41, 5.74) is 7.08. The van der Waals surface area contributed by atoms with E-state index in [1.807, 2.05) is 12.1 Å². The number of amidine groups is 1. The summed E-state index contributed by atoms with van der Waals surface area (Å²) >= 11 is 0. The van der Waals surface area contributed by atoms with Crippen molar-refractivity contribution in [3.63, 3.8) is 0 Å². The van der Waals surface area contributed by atoms with Crippen LogP contribution in [0.2, 0.25) is 0 Å². The van der Waals surface area contributed by atoms with E-state index in [9.17, 15) is 4.79 Å². The van der Waals surface area contributed by atoms with E-state index in [0.29, 0.717) is 18.7 Å². The van der Waals surface area contributed by atoms with Crippen molar-refractivity contribution in [1.82, 2.24) is 5.32 Å². The standard InChI is InChI=1S/C14H19N3O3/c15-13(17-19)11-5-3-10(4-6-11)8-16-14(18)12-2-1-7-20-9-12/h3-6,12,19H,1-2,7-9H2,(H2,15,17)(H,16,18). The highest BCUT2D eigenvalue weighted by molar-refractivity contribution is 5.96. The predicted octanol–water partition coefficient (Wildman–Crippen LogP) is 0.824. The Kier molecular flexibility index (Phi) is 4.95. The Hall–Kier alpha value is -2.08. The van der Waals surface area contributed by atoms with Gasteiger partial charge in [0.05, 0.1) is 12.5 Å². The molecular weight excluding hydrogens is 258 g/mol. The molecule has 1 aromatic carbocycles. The maximum Gasteiger partial charge on any atom is 0.225 e. The fourth-order valence-electron chi connectivity index (χ4n) is 2.13. The molecule has 1 aliphatic rings. The number of amides is 1. The molecule has 2 rings (SSSR count). The van der Waals surface area contributed by atoms with Crippen LogP contribution in [0.5, 0.6) is 0 Å². The molecule has 0 spiro atoms. The molecule has 0 saturated carbocycles. The van der Waals surface area contributed by atoms with E-state index in [-0.39, 0.29) is 17.7 Å². The summed E-state index contributed by atoms with van der Waals surface area (Å²) < 4.78 is 5.30. The molecular formula is C14H19N3O3. The Balaban J connectivity index is 1.85. The minimum Gasteiger partial charge on any atom is -0.409 e. The molecule has 0 aliphatic carbocycles. The van der Waals surface area contributed by atoms with Gasteiger partial charge in [0, 0.05) is 18.7 Å². The van der Waals surface area contributed by atoms with Gasteiger partial charge in [0.2, 0.25) is 5.91 Å². The van der Waals surface area contributed by atoms with Crippen molar-refractivity contribution in [3.05, 3.63) is 35.4 Å². The highest BCUT2D eigenvalue weighted by atomic mass is 16.5. The largest absolute Gasteiger partial charge is 0.409 e. The lowest BCUT2D eigenvalue weighted by Gasteiger charge is -2.21. The molecule has 6 nitrogen and oxygen atoms in total. The van der Waals surface area contributed by atoms with E-state index in [0.717, 1.165) is 25.0 Å². The van der Waals surface area contributed by atoms with E-state index in [4.69, 9.17) is 15.7 Å². The second kappa shape index (κ2) is 6.91. The second-order valence-electron chi connectivity index (χ2n) is 4.81. The molecule has 0 aromatic heterocycles. The number of nitrogens with one attached hydrogen (secondary N) is 1. The van der Waals surface area contributed by atoms with E-state index < -0.39 is 0 Å². The van der Waals surface area contributed by atoms with Crippen LogP contribution in [0.1, 0.15) is 24.0 Å². The summed E-state index contributed by atoms with van der Waals surface area (Å²) in [4.78, 5) is 11.9. The average molecular weight is 277 g/mol. The number of oxime groups is 1. The lowest BCUT2D eigenvalue weighted by atomic mass is 10.0. The summed E-state index contributed by atoms with van der Waals surface area (Å²) in [5, 5.41) is 14.4. The third-order valence-electron chi connectivity index (χ3n) is 3.36. The van der Waals surface area contributed by atoms with E-state index in [1.165, 1.54) is 0 Å². The molecule has 20 heavy (non-hydrogen) atoms. The van der Waals surface area contributed by atoms with Crippen molar-refractivity contribution in [3.8, 4) is 0 Å². The van der Waals surface area contributed by atoms with Crippen LogP contribution >= 0.6 is 0 Å². The highest BCUT2D eigenvalue weighted by Gasteiger charge is 2.21. The Labute approximate surface area is 117 Å². The van der Waals surface area contributed by atoms with Gasteiger partial charge in [-0.25, -0.2) is 0 Å². The van der Waals surface area contributed by atoms with Gasteiger partial charge in [-0.15, -0.1) is 0 Å². The van der Waals surface area contributed by atoms with Crippen molar-refractivity contribution < 1.29 is 14.7 Å². The van der Waals surface area contributed by atoms with Gasteiger partial charge < -0.3 is 21.0 Å².